The summed E-state index contributed by atoms with van der Waals surface area (Å²) in [5.41, 5.74) is 0. The molecule has 0 saturated carbocycles. The first-order valence-corrected chi connectivity index (χ1v) is 2.07. The Hall–Kier alpha value is -0.240. The largest absolute Gasteiger partial charge is 0.300 e. The Morgan fingerprint density at radius 2 is 1.50 bits per heavy atom. The molecule has 0 bridgehead atoms. The van der Waals surface area contributed by atoms with Gasteiger partial charge in [-0.25, -0.2) is 0 Å². The van der Waals surface area contributed by atoms with E-state index in [0.29, 0.717) is 0 Å². The number of rotatable bonds is 0. The summed E-state index contributed by atoms with van der Waals surface area (Å²) in [6.45, 7) is 3.06. The van der Waals surface area contributed by atoms with E-state index in [2.05, 4.69) is 18.1 Å². The van der Waals surface area contributed by atoms with E-state index in [1.165, 1.54) is 13.8 Å². The normalized spacial score (nSPS) is 5.00. The molecular weight excluding hydrogens is 96.1 g/mol. The predicted octanol–water partition coefficient (Wildman–Crippen LogP) is 1.21. The fourth-order valence-corrected chi connectivity index (χ4v) is 0. The van der Waals surface area contributed by atoms with Gasteiger partial charge in [0, 0.05) is 0 Å². The number of carbonyl (C=O) groups is 1. The van der Waals surface area contributed by atoms with Crippen molar-refractivity contribution >= 4 is 23.9 Å². The van der Waals surface area contributed by atoms with Crippen LogP contribution in [-0.4, -0.2) is 11.7 Å². The number of ketones is 1. The summed E-state index contributed by atoms with van der Waals surface area (Å²) in [4.78, 5) is 9.44. The van der Waals surface area contributed by atoms with Crippen molar-refractivity contribution in [3.63, 3.8) is 0 Å². The molecule has 0 aromatic heterocycles. The van der Waals surface area contributed by atoms with Crippen LogP contribution in [0, 0.1) is 0 Å². The highest BCUT2D eigenvalue weighted by Gasteiger charge is 1.62. The third-order valence-electron chi connectivity index (χ3n) is 0. The van der Waals surface area contributed by atoms with Crippen LogP contribution in [0.25, 0.3) is 0 Å². The molecule has 6 heavy (non-hydrogen) atoms. The van der Waals surface area contributed by atoms with Crippen molar-refractivity contribution in [2.24, 2.45) is 0 Å². The second-order valence-corrected chi connectivity index (χ2v) is 0.908. The number of thiocarbonyl (C=S) groups is 1. The van der Waals surface area contributed by atoms with Gasteiger partial charge in [-0.3, -0.25) is 0 Å². The van der Waals surface area contributed by atoms with E-state index in [9.17, 15) is 4.79 Å². The summed E-state index contributed by atoms with van der Waals surface area (Å²) in [6.07, 6.45) is 0. The number of Topliss-reactive ketones (excluding diaryl/α,β-unsaturated/α-hetero) is 1. The van der Waals surface area contributed by atoms with Gasteiger partial charge in [-0.15, -0.1) is 0 Å². The summed E-state index contributed by atoms with van der Waals surface area (Å²) in [5, 5.41) is 0. The molecule has 36 valence electrons. The van der Waals surface area contributed by atoms with E-state index in [1.54, 1.807) is 0 Å². The standard InChI is InChI=1S/C3H6O.CH2S/c1-3(2)4;1-2/h1-2H3;1H2. The molecule has 0 amide bonds. The molecule has 0 heterocycles. The third kappa shape index (κ3) is 497. The second kappa shape index (κ2) is 8.83. The molecule has 0 aliphatic carbocycles. The first-order chi connectivity index (χ1) is 2.73. The van der Waals surface area contributed by atoms with Gasteiger partial charge in [0.05, 0.1) is 0 Å². The van der Waals surface area contributed by atoms with E-state index >= 15 is 0 Å². The molecule has 0 rings (SSSR count). The molecule has 2 heteroatoms. The van der Waals surface area contributed by atoms with Crippen molar-refractivity contribution in [3.05, 3.63) is 0 Å². The Kier molecular flexibility index (Phi) is 13.6. The number of hydrogen-bond acceptors (Lipinski definition) is 2. The van der Waals surface area contributed by atoms with Crippen LogP contribution in [0.3, 0.4) is 0 Å². The highest BCUT2D eigenvalue weighted by atomic mass is 32.1. The van der Waals surface area contributed by atoms with Crippen LogP contribution < -0.4 is 0 Å². The molecule has 0 N–H and O–H groups in total. The maximum atomic E-state index is 9.44. The van der Waals surface area contributed by atoms with E-state index in [1.807, 2.05) is 0 Å². The average molecular weight is 104 g/mol. The second-order valence-electron chi connectivity index (χ2n) is 0.908. The summed E-state index contributed by atoms with van der Waals surface area (Å²) in [7, 11) is 0. The lowest BCUT2D eigenvalue weighted by Crippen LogP contribution is -1.69. The smallest absolute Gasteiger partial charge is 0.126 e. The minimum Gasteiger partial charge on any atom is -0.300 e. The topological polar surface area (TPSA) is 17.1 Å². The zero-order valence-corrected chi connectivity index (χ0v) is 4.84. The minimum absolute atomic E-state index is 0.167. The zero-order chi connectivity index (χ0) is 5.58. The van der Waals surface area contributed by atoms with Crippen LogP contribution in [0.4, 0.5) is 0 Å². The zero-order valence-electron chi connectivity index (χ0n) is 4.02. The van der Waals surface area contributed by atoms with E-state index < -0.39 is 0 Å². The van der Waals surface area contributed by atoms with Gasteiger partial charge in [0.2, 0.25) is 0 Å². The van der Waals surface area contributed by atoms with Crippen molar-refractivity contribution in [2.45, 2.75) is 13.8 Å². The highest BCUT2D eigenvalue weighted by Crippen LogP contribution is 1.50. The maximum absolute atomic E-state index is 9.44. The fourth-order valence-electron chi connectivity index (χ4n) is 0. The molecule has 0 aliphatic rings. The van der Waals surface area contributed by atoms with Gasteiger partial charge < -0.3 is 4.79 Å². The van der Waals surface area contributed by atoms with Crippen LogP contribution in [0.1, 0.15) is 13.8 Å². The van der Waals surface area contributed by atoms with Crippen molar-refractivity contribution in [2.75, 3.05) is 0 Å². The Bertz CT molecular complexity index is 38.8. The fraction of sp³-hybridized carbons (Fsp3) is 0.500. The maximum Gasteiger partial charge on any atom is 0.126 e. The van der Waals surface area contributed by atoms with Crippen LogP contribution in [0.2, 0.25) is 0 Å². The summed E-state index contributed by atoms with van der Waals surface area (Å²) >= 11 is 3.83. The van der Waals surface area contributed by atoms with Gasteiger partial charge in [-0.2, -0.15) is 0 Å². The molecule has 0 unspecified atom stereocenters. The third-order valence-corrected chi connectivity index (χ3v) is 0. The van der Waals surface area contributed by atoms with Crippen LogP contribution in [0.5, 0.6) is 0 Å². The molecule has 0 aromatic rings. The van der Waals surface area contributed by atoms with Gasteiger partial charge in [0.1, 0.15) is 5.78 Å². The molecule has 0 fully saturated rings. The SMILES string of the molecule is C=S.CC(C)=O. The number of hydrogen-bond donors (Lipinski definition) is 0. The minimum atomic E-state index is 0.167. The van der Waals surface area contributed by atoms with Crippen molar-refractivity contribution in [3.8, 4) is 0 Å². The van der Waals surface area contributed by atoms with E-state index in [4.69, 9.17) is 0 Å². The first kappa shape index (κ1) is 9.23. The summed E-state index contributed by atoms with van der Waals surface area (Å²) < 4.78 is 0. The molecule has 0 radical (unpaired) electrons. The predicted molar refractivity (Wildman–Crippen MR) is 31.1 cm³/mol. The lowest BCUT2D eigenvalue weighted by Gasteiger charge is -1.56. The molecule has 0 spiro atoms. The average Bonchev–Trinajstić information content (AvgIpc) is 1.41. The quantitative estimate of drug-likeness (QED) is 0.430. The van der Waals surface area contributed by atoms with Crippen molar-refractivity contribution in [1.82, 2.24) is 0 Å². The lowest BCUT2D eigenvalue weighted by atomic mass is 10.6. The number of carbonyl (C=O) groups excluding carboxylic acids is 1. The van der Waals surface area contributed by atoms with Gasteiger partial charge in [-0.05, 0) is 19.7 Å². The van der Waals surface area contributed by atoms with Crippen molar-refractivity contribution in [1.29, 1.82) is 0 Å². The summed E-state index contributed by atoms with van der Waals surface area (Å²) in [5.74, 6) is 3.00. The van der Waals surface area contributed by atoms with Crippen molar-refractivity contribution < 1.29 is 4.79 Å². The Morgan fingerprint density at radius 3 is 1.50 bits per heavy atom. The summed E-state index contributed by atoms with van der Waals surface area (Å²) in [6, 6.07) is 0. The molecule has 1 nitrogen and oxygen atoms in total. The molecule has 0 aliphatic heterocycles. The van der Waals surface area contributed by atoms with Crippen LogP contribution >= 0.6 is 12.2 Å². The Morgan fingerprint density at radius 1 is 1.50 bits per heavy atom. The van der Waals surface area contributed by atoms with Gasteiger partial charge in [-0.1, -0.05) is 12.2 Å². The van der Waals surface area contributed by atoms with E-state index in [-0.39, 0.29) is 5.78 Å². The van der Waals surface area contributed by atoms with Crippen LogP contribution in [0.15, 0.2) is 0 Å². The Balaban J connectivity index is 0. The van der Waals surface area contributed by atoms with E-state index in [0.717, 1.165) is 0 Å². The van der Waals surface area contributed by atoms with Gasteiger partial charge >= 0.3 is 0 Å². The monoisotopic (exact) mass is 104 g/mol. The lowest BCUT2D eigenvalue weighted by molar-refractivity contribution is -0.114. The van der Waals surface area contributed by atoms with Crippen LogP contribution in [-0.2, 0) is 4.79 Å². The van der Waals surface area contributed by atoms with Gasteiger partial charge in [0.15, 0.2) is 0 Å². The van der Waals surface area contributed by atoms with Gasteiger partial charge in [0.25, 0.3) is 0 Å². The molecular formula is C4H8OS. The molecule has 0 atom stereocenters. The highest BCUT2D eigenvalue weighted by molar-refractivity contribution is 7.77. The Labute approximate surface area is 43.4 Å². The molecule has 0 saturated heterocycles. The first-order valence-electron chi connectivity index (χ1n) is 1.49. The molecule has 0 aromatic carbocycles.